The fourth-order valence-electron chi connectivity index (χ4n) is 6.01. The topological polar surface area (TPSA) is 100 Å². The molecule has 2 aromatic heterocycles. The molecule has 1 aromatic carbocycles. The van der Waals surface area contributed by atoms with Gasteiger partial charge in [-0.2, -0.15) is 5.10 Å². The molecule has 6 rings (SSSR count). The van der Waals surface area contributed by atoms with Crippen LogP contribution in [0.2, 0.25) is 0 Å². The number of anilines is 4. The summed E-state index contributed by atoms with van der Waals surface area (Å²) < 4.78 is 7.85. The minimum Gasteiger partial charge on any atom is -0.494 e. The third kappa shape index (κ3) is 4.28. The van der Waals surface area contributed by atoms with Crippen molar-refractivity contribution in [3.63, 3.8) is 0 Å². The normalized spacial score (nSPS) is 18.1. The first-order valence-corrected chi connectivity index (χ1v) is 13.3. The molecule has 2 saturated heterocycles. The van der Waals surface area contributed by atoms with Crippen molar-refractivity contribution >= 4 is 28.9 Å². The Hall–Kier alpha value is -3.92. The van der Waals surface area contributed by atoms with Crippen molar-refractivity contribution in [1.82, 2.24) is 24.6 Å². The van der Waals surface area contributed by atoms with E-state index in [0.717, 1.165) is 62.4 Å². The summed E-state index contributed by atoms with van der Waals surface area (Å²) in [6.07, 6.45) is 10.6. The molecule has 38 heavy (non-hydrogen) atoms. The first kappa shape index (κ1) is 24.4. The van der Waals surface area contributed by atoms with Crippen LogP contribution in [0.5, 0.6) is 5.75 Å². The van der Waals surface area contributed by atoms with E-state index < -0.39 is 0 Å². The van der Waals surface area contributed by atoms with Crippen LogP contribution in [0, 0.1) is 0 Å². The van der Waals surface area contributed by atoms with Crippen LogP contribution in [0.25, 0.3) is 11.3 Å². The number of methoxy groups -OCH3 is 1. The fraction of sp³-hybridized carbons (Fsp3) is 0.429. The average Bonchev–Trinajstić information content (AvgIpc) is 3.52. The first-order chi connectivity index (χ1) is 18.5. The maximum absolute atomic E-state index is 12.3. The number of hydrogen-bond acceptors (Lipinski definition) is 8. The number of nitrogens with zero attached hydrogens (tertiary/aromatic N) is 6. The van der Waals surface area contributed by atoms with Crippen LogP contribution in [0.4, 0.5) is 23.0 Å². The number of ether oxygens (including phenoxy) is 1. The van der Waals surface area contributed by atoms with Gasteiger partial charge in [0.2, 0.25) is 11.9 Å². The SMILES string of the molecule is C=CC(=O)Nc1cc(Nc2nccc(-c3cnn4c3CCCC4)n2)c(OC)cc1N1CC2(CCCN2C)C1. The molecule has 3 aliphatic heterocycles. The summed E-state index contributed by atoms with van der Waals surface area (Å²) in [5.41, 5.74) is 5.58. The maximum atomic E-state index is 12.3. The molecule has 0 saturated carbocycles. The summed E-state index contributed by atoms with van der Waals surface area (Å²) in [6, 6.07) is 5.77. The number of likely N-dealkylation sites (N-methyl/N-ethyl adjacent to an activating group) is 1. The van der Waals surface area contributed by atoms with Crippen LogP contribution in [-0.2, 0) is 17.8 Å². The predicted octanol–water partition coefficient (Wildman–Crippen LogP) is 3.84. The summed E-state index contributed by atoms with van der Waals surface area (Å²) >= 11 is 0. The highest BCUT2D eigenvalue weighted by Crippen LogP contribution is 2.45. The highest BCUT2D eigenvalue weighted by Gasteiger charge is 2.49. The highest BCUT2D eigenvalue weighted by molar-refractivity contribution is 6.02. The van der Waals surface area contributed by atoms with E-state index in [0.29, 0.717) is 23.1 Å². The Morgan fingerprint density at radius 3 is 2.82 bits per heavy atom. The Kier molecular flexibility index (Phi) is 6.27. The van der Waals surface area contributed by atoms with Crippen LogP contribution >= 0.6 is 0 Å². The van der Waals surface area contributed by atoms with Crippen molar-refractivity contribution in [1.29, 1.82) is 0 Å². The minimum absolute atomic E-state index is 0.214. The number of hydrogen-bond donors (Lipinski definition) is 2. The summed E-state index contributed by atoms with van der Waals surface area (Å²) in [6.45, 7) is 7.52. The molecule has 2 N–H and O–H groups in total. The number of carbonyl (C=O) groups is 1. The monoisotopic (exact) mass is 514 g/mol. The molecule has 5 heterocycles. The smallest absolute Gasteiger partial charge is 0.247 e. The number of rotatable bonds is 7. The first-order valence-electron chi connectivity index (χ1n) is 13.3. The van der Waals surface area contributed by atoms with E-state index >= 15 is 0 Å². The molecular weight excluding hydrogens is 480 g/mol. The predicted molar refractivity (Wildman–Crippen MR) is 148 cm³/mol. The number of likely N-dealkylation sites (tertiary alicyclic amines) is 1. The van der Waals surface area contributed by atoms with Crippen LogP contribution in [0.15, 0.2) is 43.2 Å². The van der Waals surface area contributed by atoms with Crippen molar-refractivity contribution in [2.24, 2.45) is 0 Å². The standard InChI is InChI=1S/C28H34N8O2/c1-4-26(37)31-21-14-22(25(38-3)15-24(21)35-17-28(18-35)10-7-12-34(28)2)33-27-29-11-9-20(32-27)19-16-30-36-13-6-5-8-23(19)36/h4,9,11,14-16H,1,5-8,10,12-13,17-18H2,2-3H3,(H,31,37)(H,29,32,33). The molecule has 0 atom stereocenters. The molecule has 1 amide bonds. The Morgan fingerprint density at radius 1 is 1.18 bits per heavy atom. The second-order valence-corrected chi connectivity index (χ2v) is 10.4. The van der Waals surface area contributed by atoms with Crippen LogP contribution in [-0.4, -0.2) is 69.9 Å². The van der Waals surface area contributed by atoms with Gasteiger partial charge in [0, 0.05) is 43.2 Å². The van der Waals surface area contributed by atoms with E-state index in [4.69, 9.17) is 9.72 Å². The molecule has 0 aliphatic carbocycles. The van der Waals surface area contributed by atoms with E-state index in [1.54, 1.807) is 13.3 Å². The molecule has 2 fully saturated rings. The number of amides is 1. The molecule has 3 aromatic rings. The molecular formula is C28H34N8O2. The van der Waals surface area contributed by atoms with Gasteiger partial charge in [-0.25, -0.2) is 9.97 Å². The van der Waals surface area contributed by atoms with Crippen molar-refractivity contribution < 1.29 is 9.53 Å². The summed E-state index contributed by atoms with van der Waals surface area (Å²) in [7, 11) is 3.84. The lowest BCUT2D eigenvalue weighted by Gasteiger charge is -2.53. The largest absolute Gasteiger partial charge is 0.494 e. The van der Waals surface area contributed by atoms with Gasteiger partial charge in [0.1, 0.15) is 5.75 Å². The molecule has 0 bridgehead atoms. The van der Waals surface area contributed by atoms with Crippen LogP contribution in [0.3, 0.4) is 0 Å². The Morgan fingerprint density at radius 2 is 2.05 bits per heavy atom. The van der Waals surface area contributed by atoms with Gasteiger partial charge < -0.3 is 20.3 Å². The van der Waals surface area contributed by atoms with Gasteiger partial charge in [0.15, 0.2) is 0 Å². The molecule has 10 heteroatoms. The second-order valence-electron chi connectivity index (χ2n) is 10.4. The van der Waals surface area contributed by atoms with E-state index in [2.05, 4.69) is 48.8 Å². The van der Waals surface area contributed by atoms with Gasteiger partial charge >= 0.3 is 0 Å². The number of aromatic nitrogens is 4. The van der Waals surface area contributed by atoms with Crippen molar-refractivity contribution in [2.45, 2.75) is 44.2 Å². The number of carbonyl (C=O) groups excluding carboxylic acids is 1. The van der Waals surface area contributed by atoms with Crippen molar-refractivity contribution in [3.05, 3.63) is 48.9 Å². The Labute approximate surface area is 222 Å². The Balaban J connectivity index is 1.30. The summed E-state index contributed by atoms with van der Waals surface area (Å²) in [5.74, 6) is 0.829. The Bertz CT molecular complexity index is 1380. The highest BCUT2D eigenvalue weighted by atomic mass is 16.5. The lowest BCUT2D eigenvalue weighted by molar-refractivity contribution is -0.111. The summed E-state index contributed by atoms with van der Waals surface area (Å²) in [5, 5.41) is 10.9. The van der Waals surface area contributed by atoms with E-state index in [1.807, 2.05) is 24.4 Å². The zero-order valence-electron chi connectivity index (χ0n) is 22.0. The average molecular weight is 515 g/mol. The van der Waals surface area contributed by atoms with Crippen LogP contribution < -0.4 is 20.3 Å². The second kappa shape index (κ2) is 9.75. The van der Waals surface area contributed by atoms with Gasteiger partial charge in [0.05, 0.1) is 41.6 Å². The number of aryl methyl sites for hydroxylation is 1. The van der Waals surface area contributed by atoms with Crippen LogP contribution in [0.1, 0.15) is 31.4 Å². The van der Waals surface area contributed by atoms with Gasteiger partial charge in [-0.1, -0.05) is 6.58 Å². The quantitative estimate of drug-likeness (QED) is 0.459. The zero-order valence-corrected chi connectivity index (χ0v) is 22.0. The van der Waals surface area contributed by atoms with Gasteiger partial charge in [-0.3, -0.25) is 14.4 Å². The summed E-state index contributed by atoms with van der Waals surface area (Å²) in [4.78, 5) is 26.3. The van der Waals surface area contributed by atoms with Gasteiger partial charge in [-0.05, 0) is 63.9 Å². The maximum Gasteiger partial charge on any atom is 0.247 e. The van der Waals surface area contributed by atoms with Crippen molar-refractivity contribution in [3.8, 4) is 17.0 Å². The third-order valence-corrected chi connectivity index (χ3v) is 8.18. The third-order valence-electron chi connectivity index (χ3n) is 8.18. The lowest BCUT2D eigenvalue weighted by Crippen LogP contribution is -2.67. The molecule has 0 unspecified atom stereocenters. The van der Waals surface area contributed by atoms with E-state index in [1.165, 1.54) is 24.6 Å². The van der Waals surface area contributed by atoms with E-state index in [9.17, 15) is 4.79 Å². The number of nitrogens with one attached hydrogen (secondary N) is 2. The van der Waals surface area contributed by atoms with Gasteiger partial charge in [-0.15, -0.1) is 0 Å². The van der Waals surface area contributed by atoms with Crippen molar-refractivity contribution in [2.75, 3.05) is 49.3 Å². The molecule has 198 valence electrons. The number of fused-ring (bicyclic) bond motifs is 1. The van der Waals surface area contributed by atoms with E-state index in [-0.39, 0.29) is 11.4 Å². The molecule has 1 spiro atoms. The molecule has 0 radical (unpaired) electrons. The number of benzene rings is 1. The molecule has 3 aliphatic rings. The minimum atomic E-state index is -0.264. The fourth-order valence-corrected chi connectivity index (χ4v) is 6.01. The zero-order chi connectivity index (χ0) is 26.3. The molecule has 10 nitrogen and oxygen atoms in total. The van der Waals surface area contributed by atoms with Gasteiger partial charge in [0.25, 0.3) is 0 Å². The lowest BCUT2D eigenvalue weighted by atomic mass is 9.86.